The van der Waals surface area contributed by atoms with Crippen LogP contribution in [0.3, 0.4) is 0 Å². The minimum atomic E-state index is -0.0193. The highest BCUT2D eigenvalue weighted by Crippen LogP contribution is 2.27. The van der Waals surface area contributed by atoms with Gasteiger partial charge in [0.25, 0.3) is 0 Å². The minimum Gasteiger partial charge on any atom is -0.292 e. The predicted octanol–water partition coefficient (Wildman–Crippen LogP) is 4.88. The van der Waals surface area contributed by atoms with E-state index in [0.29, 0.717) is 12.4 Å². The Morgan fingerprint density at radius 1 is 1.03 bits per heavy atom. The third-order valence-corrected chi connectivity index (χ3v) is 6.85. The highest BCUT2D eigenvalue weighted by molar-refractivity contribution is 14.1. The fourth-order valence-corrected chi connectivity index (χ4v) is 4.77. The fraction of sp³-hybridized carbons (Fsp3) is 0.192. The van der Waals surface area contributed by atoms with Gasteiger partial charge in [-0.1, -0.05) is 49.7 Å². The van der Waals surface area contributed by atoms with Crippen LogP contribution in [0.5, 0.6) is 0 Å². The number of para-hydroxylation sites is 1. The molecule has 0 atom stereocenters. The summed E-state index contributed by atoms with van der Waals surface area (Å²) in [6, 6.07) is 19.9. The van der Waals surface area contributed by atoms with Crippen LogP contribution in [-0.4, -0.2) is 34.7 Å². The van der Waals surface area contributed by atoms with E-state index in [2.05, 4.69) is 55.1 Å². The average Bonchev–Trinajstić information content (AvgIpc) is 3.53. The van der Waals surface area contributed by atoms with Crippen molar-refractivity contribution in [3.8, 4) is 28.3 Å². The van der Waals surface area contributed by atoms with Crippen LogP contribution < -0.4 is 5.69 Å². The number of hydrogen-bond donors (Lipinski definition) is 1. The van der Waals surface area contributed by atoms with Crippen LogP contribution in [0.15, 0.2) is 77.9 Å². The van der Waals surface area contributed by atoms with E-state index >= 15 is 0 Å². The van der Waals surface area contributed by atoms with Gasteiger partial charge in [-0.2, -0.15) is 0 Å². The Bertz CT molecular complexity index is 1490. The third-order valence-electron chi connectivity index (χ3n) is 5.94. The molecule has 0 amide bonds. The first kappa shape index (κ1) is 23.2. The number of unbranched alkanes of at least 4 members (excludes halogenated alkanes) is 1. The Kier molecular flexibility index (Phi) is 6.84. The van der Waals surface area contributed by atoms with Gasteiger partial charge in [-0.3, -0.25) is 14.1 Å². The van der Waals surface area contributed by atoms with Gasteiger partial charge in [0, 0.05) is 32.8 Å². The first-order valence-electron chi connectivity index (χ1n) is 11.5. The van der Waals surface area contributed by atoms with E-state index in [-0.39, 0.29) is 5.69 Å². The molecule has 3 heterocycles. The maximum Gasteiger partial charge on any atom is 0.333 e. The number of hydrogen-bond acceptors (Lipinski definition) is 5. The van der Waals surface area contributed by atoms with Crippen LogP contribution in [0.4, 0.5) is 0 Å². The highest BCUT2D eigenvalue weighted by Gasteiger charge is 2.15. The number of benzene rings is 2. The van der Waals surface area contributed by atoms with Crippen molar-refractivity contribution in [2.75, 3.05) is 0 Å². The van der Waals surface area contributed by atoms with Crippen molar-refractivity contribution >= 4 is 22.6 Å². The molecule has 0 saturated carbocycles. The minimum absolute atomic E-state index is 0.0193. The molecule has 2 aromatic carbocycles. The van der Waals surface area contributed by atoms with Gasteiger partial charge in [-0.25, -0.2) is 9.89 Å². The lowest BCUT2D eigenvalue weighted by atomic mass is 10.0. The molecule has 8 nitrogen and oxygen atoms in total. The molecule has 5 rings (SSSR count). The number of pyridine rings is 1. The molecule has 0 aliphatic rings. The normalized spacial score (nSPS) is 11.1. The van der Waals surface area contributed by atoms with Crippen LogP contribution in [0.25, 0.3) is 28.3 Å². The van der Waals surface area contributed by atoms with E-state index in [4.69, 9.17) is 0 Å². The maximum atomic E-state index is 13.5. The second-order valence-corrected chi connectivity index (χ2v) is 9.42. The average molecular weight is 577 g/mol. The molecule has 0 saturated heterocycles. The zero-order valence-electron chi connectivity index (χ0n) is 19.2. The standard InChI is InChI=1S/C26H24IN7O/c1-2-3-7-20-17-34(23-10-5-4-9-22(23)27)26(35)33(20)16-18-11-13-19(14-12-18)24-21(8-6-15-28-24)25-29-31-32-30-25/h4-6,8-15,17H,2-3,7,16H2,1H3,(H,29,30,31,32). The predicted molar refractivity (Wildman–Crippen MR) is 143 cm³/mol. The zero-order chi connectivity index (χ0) is 24.2. The molecule has 176 valence electrons. The molecular formula is C26H24IN7O. The second-order valence-electron chi connectivity index (χ2n) is 8.26. The highest BCUT2D eigenvalue weighted by atomic mass is 127. The van der Waals surface area contributed by atoms with Crippen molar-refractivity contribution in [1.29, 1.82) is 0 Å². The van der Waals surface area contributed by atoms with Crippen molar-refractivity contribution in [2.45, 2.75) is 32.7 Å². The summed E-state index contributed by atoms with van der Waals surface area (Å²) in [5, 5.41) is 14.2. The number of aromatic amines is 1. The molecule has 0 radical (unpaired) electrons. The smallest absolute Gasteiger partial charge is 0.292 e. The van der Waals surface area contributed by atoms with E-state index in [1.54, 1.807) is 10.8 Å². The largest absolute Gasteiger partial charge is 0.333 e. The molecule has 35 heavy (non-hydrogen) atoms. The molecule has 9 heteroatoms. The van der Waals surface area contributed by atoms with Crippen molar-refractivity contribution in [1.82, 2.24) is 34.7 Å². The summed E-state index contributed by atoms with van der Waals surface area (Å²) in [4.78, 5) is 18.0. The van der Waals surface area contributed by atoms with Gasteiger partial charge in [0.15, 0.2) is 5.82 Å². The van der Waals surface area contributed by atoms with Crippen LogP contribution in [0.1, 0.15) is 31.0 Å². The van der Waals surface area contributed by atoms with Gasteiger partial charge in [-0.05, 0) is 75.7 Å². The first-order chi connectivity index (χ1) is 17.2. The van der Waals surface area contributed by atoms with Crippen molar-refractivity contribution < 1.29 is 0 Å². The number of H-pyrrole nitrogens is 1. The van der Waals surface area contributed by atoms with Crippen molar-refractivity contribution in [2.24, 2.45) is 0 Å². The molecule has 0 fully saturated rings. The van der Waals surface area contributed by atoms with Gasteiger partial charge in [0.2, 0.25) is 0 Å². The van der Waals surface area contributed by atoms with E-state index < -0.39 is 0 Å². The van der Waals surface area contributed by atoms with Gasteiger partial charge in [0.05, 0.1) is 17.9 Å². The molecule has 0 bridgehead atoms. The van der Waals surface area contributed by atoms with Crippen LogP contribution >= 0.6 is 22.6 Å². The lowest BCUT2D eigenvalue weighted by Gasteiger charge is -2.09. The second kappa shape index (κ2) is 10.3. The van der Waals surface area contributed by atoms with Crippen LogP contribution in [0.2, 0.25) is 0 Å². The topological polar surface area (TPSA) is 94.3 Å². The Balaban J connectivity index is 1.47. The number of nitrogens with zero attached hydrogens (tertiary/aromatic N) is 6. The molecule has 5 aromatic rings. The molecule has 0 aliphatic carbocycles. The molecule has 0 aliphatic heterocycles. The maximum absolute atomic E-state index is 13.5. The zero-order valence-corrected chi connectivity index (χ0v) is 21.4. The summed E-state index contributed by atoms with van der Waals surface area (Å²) in [6.07, 6.45) is 6.72. The Hall–Kier alpha value is -3.60. The lowest BCUT2D eigenvalue weighted by Crippen LogP contribution is -2.25. The Labute approximate surface area is 216 Å². The summed E-state index contributed by atoms with van der Waals surface area (Å²) in [5.74, 6) is 0.571. The molecule has 1 N–H and O–H groups in total. The molecule has 0 unspecified atom stereocenters. The lowest BCUT2D eigenvalue weighted by molar-refractivity contribution is 0.674. The number of aromatic nitrogens is 7. The number of halogens is 1. The van der Waals surface area contributed by atoms with Crippen LogP contribution in [-0.2, 0) is 13.0 Å². The van der Waals surface area contributed by atoms with Crippen molar-refractivity contribution in [3.05, 3.63) is 98.4 Å². The summed E-state index contributed by atoms with van der Waals surface area (Å²) in [7, 11) is 0. The van der Waals surface area contributed by atoms with E-state index in [9.17, 15) is 4.79 Å². The number of imidazole rings is 1. The quantitative estimate of drug-likeness (QED) is 0.266. The van der Waals surface area contributed by atoms with Gasteiger partial charge in [-0.15, -0.1) is 5.10 Å². The Morgan fingerprint density at radius 2 is 1.86 bits per heavy atom. The SMILES string of the molecule is CCCCc1cn(-c2ccccc2I)c(=O)n1Cc1ccc(-c2ncccc2-c2nnn[nH]2)cc1. The van der Waals surface area contributed by atoms with Crippen LogP contribution in [0, 0.1) is 3.57 Å². The Morgan fingerprint density at radius 3 is 2.60 bits per heavy atom. The third kappa shape index (κ3) is 4.81. The van der Waals surface area contributed by atoms with Gasteiger partial charge in [0.1, 0.15) is 0 Å². The van der Waals surface area contributed by atoms with E-state index in [0.717, 1.165) is 56.6 Å². The number of tetrazole rings is 1. The molecule has 3 aromatic heterocycles. The summed E-state index contributed by atoms with van der Waals surface area (Å²) < 4.78 is 4.70. The number of nitrogens with one attached hydrogen (secondary N) is 1. The summed E-state index contributed by atoms with van der Waals surface area (Å²) in [6.45, 7) is 2.68. The van der Waals surface area contributed by atoms with Gasteiger partial charge >= 0.3 is 5.69 Å². The van der Waals surface area contributed by atoms with Crippen molar-refractivity contribution in [3.63, 3.8) is 0 Å². The molecule has 0 spiro atoms. The number of aryl methyl sites for hydroxylation is 1. The van der Waals surface area contributed by atoms with E-state index in [1.807, 2.05) is 71.4 Å². The van der Waals surface area contributed by atoms with E-state index in [1.165, 1.54) is 0 Å². The summed E-state index contributed by atoms with van der Waals surface area (Å²) >= 11 is 2.28. The monoisotopic (exact) mass is 577 g/mol. The summed E-state index contributed by atoms with van der Waals surface area (Å²) in [5.41, 5.74) is 5.57. The first-order valence-corrected chi connectivity index (χ1v) is 12.6. The van der Waals surface area contributed by atoms with Gasteiger partial charge < -0.3 is 0 Å². The number of rotatable bonds is 8. The molecular weight excluding hydrogens is 553 g/mol. The fourth-order valence-electron chi connectivity index (χ4n) is 4.12.